The standard InChI is InChI=1S/C30H28F9N3O2/c1-16(2)44-27(43)24-6-7-26(22-9-17(3)23(30(37,38)39)13-25(22)41-24)42(21-5-4-8-40-14-21)15-18-10-19(28(31,32)33)12-20(11-18)29(34,35)36/h4-5,8-14,16,24,26,41H,6-7,15H2,1-3H3. The summed E-state index contributed by atoms with van der Waals surface area (Å²) in [6.45, 7) is 3.95. The Hall–Kier alpha value is -3.97. The minimum Gasteiger partial charge on any atom is -0.461 e. The van der Waals surface area contributed by atoms with Crippen LogP contribution in [-0.4, -0.2) is 23.1 Å². The number of nitrogens with zero attached hydrogens (tertiary/aromatic N) is 2. The average molecular weight is 634 g/mol. The zero-order chi connectivity index (χ0) is 32.6. The van der Waals surface area contributed by atoms with Crippen LogP contribution in [0.15, 0.2) is 54.9 Å². The minimum absolute atomic E-state index is 0.0236. The second-order valence-corrected chi connectivity index (χ2v) is 10.8. The number of hydrogen-bond donors (Lipinski definition) is 1. The van der Waals surface area contributed by atoms with Gasteiger partial charge in [0.05, 0.1) is 40.7 Å². The number of nitrogens with one attached hydrogen (secondary N) is 1. The first-order valence-corrected chi connectivity index (χ1v) is 13.5. The van der Waals surface area contributed by atoms with E-state index in [0.717, 1.165) is 6.07 Å². The molecule has 14 heteroatoms. The number of fused-ring (bicyclic) bond motifs is 1. The zero-order valence-electron chi connectivity index (χ0n) is 23.7. The quantitative estimate of drug-likeness (QED) is 0.217. The van der Waals surface area contributed by atoms with Gasteiger partial charge in [0.2, 0.25) is 0 Å². The van der Waals surface area contributed by atoms with Crippen molar-refractivity contribution in [3.05, 3.63) is 88.2 Å². The molecule has 44 heavy (non-hydrogen) atoms. The predicted molar refractivity (Wildman–Crippen MR) is 144 cm³/mol. The van der Waals surface area contributed by atoms with Crippen LogP contribution in [0.5, 0.6) is 0 Å². The molecule has 2 heterocycles. The predicted octanol–water partition coefficient (Wildman–Crippen LogP) is 8.72. The van der Waals surface area contributed by atoms with Crippen molar-refractivity contribution in [2.24, 2.45) is 0 Å². The van der Waals surface area contributed by atoms with Crippen LogP contribution in [0.2, 0.25) is 0 Å². The Balaban J connectivity index is 1.89. The molecule has 1 aliphatic heterocycles. The van der Waals surface area contributed by atoms with E-state index in [1.807, 2.05) is 0 Å². The molecule has 0 amide bonds. The lowest BCUT2D eigenvalue weighted by Gasteiger charge is -2.35. The summed E-state index contributed by atoms with van der Waals surface area (Å²) in [7, 11) is 0. The van der Waals surface area contributed by atoms with Crippen LogP contribution in [0.25, 0.3) is 0 Å². The van der Waals surface area contributed by atoms with Gasteiger partial charge in [0.15, 0.2) is 0 Å². The molecule has 2 aromatic carbocycles. The number of aryl methyl sites for hydroxylation is 1. The van der Waals surface area contributed by atoms with Crippen molar-refractivity contribution >= 4 is 17.3 Å². The van der Waals surface area contributed by atoms with Crippen molar-refractivity contribution in [2.45, 2.75) is 76.9 Å². The van der Waals surface area contributed by atoms with E-state index in [0.29, 0.717) is 12.1 Å². The summed E-state index contributed by atoms with van der Waals surface area (Å²) in [5.74, 6) is -0.721. The van der Waals surface area contributed by atoms with Crippen molar-refractivity contribution < 1.29 is 49.0 Å². The number of benzene rings is 2. The molecule has 0 aliphatic carbocycles. The van der Waals surface area contributed by atoms with E-state index in [1.165, 1.54) is 42.4 Å². The number of ether oxygens (including phenoxy) is 1. The maximum atomic E-state index is 13.9. The Morgan fingerprint density at radius 3 is 2.11 bits per heavy atom. The van der Waals surface area contributed by atoms with Gasteiger partial charge in [-0.3, -0.25) is 4.98 Å². The highest BCUT2D eigenvalue weighted by molar-refractivity contribution is 5.81. The Kier molecular flexibility index (Phi) is 9.13. The van der Waals surface area contributed by atoms with Crippen molar-refractivity contribution in [3.8, 4) is 0 Å². The average Bonchev–Trinajstić information content (AvgIpc) is 3.09. The number of carbonyl (C=O) groups is 1. The summed E-state index contributed by atoms with van der Waals surface area (Å²) < 4.78 is 129. The summed E-state index contributed by atoms with van der Waals surface area (Å²) in [5.41, 5.74) is -3.98. The van der Waals surface area contributed by atoms with Gasteiger partial charge in [-0.2, -0.15) is 39.5 Å². The lowest BCUT2D eigenvalue weighted by Crippen LogP contribution is -2.32. The summed E-state index contributed by atoms with van der Waals surface area (Å²) in [6.07, 6.45) is -12.6. The fourth-order valence-electron chi connectivity index (χ4n) is 5.20. The summed E-state index contributed by atoms with van der Waals surface area (Å²) in [4.78, 5) is 18.4. The molecule has 0 saturated carbocycles. The molecule has 0 radical (unpaired) electrons. The maximum absolute atomic E-state index is 13.9. The number of hydrogen-bond acceptors (Lipinski definition) is 5. The third-order valence-electron chi connectivity index (χ3n) is 7.11. The molecule has 1 N–H and O–H groups in total. The molecule has 1 aromatic heterocycles. The van der Waals surface area contributed by atoms with E-state index in [9.17, 15) is 44.3 Å². The smallest absolute Gasteiger partial charge is 0.416 e. The first-order valence-electron chi connectivity index (χ1n) is 13.5. The molecule has 2 unspecified atom stereocenters. The molecule has 0 bridgehead atoms. The Bertz CT molecular complexity index is 1450. The highest BCUT2D eigenvalue weighted by atomic mass is 19.4. The fraction of sp³-hybridized carbons (Fsp3) is 0.400. The van der Waals surface area contributed by atoms with E-state index in [1.54, 1.807) is 13.8 Å². The highest BCUT2D eigenvalue weighted by Gasteiger charge is 2.39. The van der Waals surface area contributed by atoms with Crippen LogP contribution in [0.1, 0.15) is 66.1 Å². The van der Waals surface area contributed by atoms with Gasteiger partial charge in [-0.25, -0.2) is 4.79 Å². The first-order chi connectivity index (χ1) is 20.3. The van der Waals surface area contributed by atoms with Crippen molar-refractivity contribution in [1.29, 1.82) is 0 Å². The topological polar surface area (TPSA) is 54.5 Å². The summed E-state index contributed by atoms with van der Waals surface area (Å²) in [5, 5.41) is 2.85. The van der Waals surface area contributed by atoms with Gasteiger partial charge in [0.1, 0.15) is 6.04 Å². The molecule has 5 nitrogen and oxygen atoms in total. The first kappa shape index (κ1) is 32.9. The van der Waals surface area contributed by atoms with Gasteiger partial charge in [-0.15, -0.1) is 0 Å². The minimum atomic E-state index is -5.08. The van der Waals surface area contributed by atoms with Crippen LogP contribution in [0.4, 0.5) is 50.9 Å². The molecular formula is C30H28F9N3O2. The molecule has 0 saturated heterocycles. The van der Waals surface area contributed by atoms with Crippen molar-refractivity contribution in [3.63, 3.8) is 0 Å². The molecular weight excluding hydrogens is 605 g/mol. The number of halogens is 9. The van der Waals surface area contributed by atoms with Crippen LogP contribution >= 0.6 is 0 Å². The van der Waals surface area contributed by atoms with Gasteiger partial charge in [0, 0.05) is 18.4 Å². The van der Waals surface area contributed by atoms with Gasteiger partial charge in [-0.1, -0.05) is 6.07 Å². The van der Waals surface area contributed by atoms with E-state index in [-0.39, 0.29) is 47.0 Å². The molecule has 238 valence electrons. The van der Waals surface area contributed by atoms with E-state index in [2.05, 4.69) is 10.3 Å². The summed E-state index contributed by atoms with van der Waals surface area (Å²) in [6, 6.07) is 4.42. The van der Waals surface area contributed by atoms with Gasteiger partial charge in [-0.05, 0) is 86.7 Å². The lowest BCUT2D eigenvalue weighted by atomic mass is 9.94. The SMILES string of the molecule is Cc1cc2c(cc1C(F)(F)F)NC(C(=O)OC(C)C)CCC2N(Cc1cc(C(F)(F)F)cc(C(F)(F)F)c1)c1cccnc1. The number of alkyl halides is 9. The zero-order valence-corrected chi connectivity index (χ0v) is 23.7. The Labute approximate surface area is 247 Å². The molecule has 4 rings (SSSR count). The second kappa shape index (κ2) is 12.2. The molecule has 2 atom stereocenters. The van der Waals surface area contributed by atoms with E-state index < -0.39 is 65.9 Å². The Morgan fingerprint density at radius 1 is 0.955 bits per heavy atom. The molecule has 3 aromatic rings. The molecule has 1 aliphatic rings. The van der Waals surface area contributed by atoms with Gasteiger partial charge < -0.3 is 15.0 Å². The van der Waals surface area contributed by atoms with Crippen LogP contribution < -0.4 is 10.2 Å². The third kappa shape index (κ3) is 7.56. The van der Waals surface area contributed by atoms with Crippen LogP contribution in [-0.2, 0) is 34.6 Å². The molecule has 0 fully saturated rings. The summed E-state index contributed by atoms with van der Waals surface area (Å²) >= 11 is 0. The fourth-order valence-corrected chi connectivity index (χ4v) is 5.20. The normalized spacial score (nSPS) is 17.5. The van der Waals surface area contributed by atoms with Crippen molar-refractivity contribution in [2.75, 3.05) is 10.2 Å². The second-order valence-electron chi connectivity index (χ2n) is 10.8. The number of pyridine rings is 1. The largest absolute Gasteiger partial charge is 0.461 e. The lowest BCUT2D eigenvalue weighted by molar-refractivity contribution is -0.148. The Morgan fingerprint density at radius 2 is 1.59 bits per heavy atom. The van der Waals surface area contributed by atoms with E-state index >= 15 is 0 Å². The van der Waals surface area contributed by atoms with Crippen LogP contribution in [0, 0.1) is 6.92 Å². The van der Waals surface area contributed by atoms with Gasteiger partial charge >= 0.3 is 24.5 Å². The third-order valence-corrected chi connectivity index (χ3v) is 7.11. The number of anilines is 2. The number of rotatable bonds is 6. The maximum Gasteiger partial charge on any atom is 0.416 e. The number of esters is 1. The highest BCUT2D eigenvalue weighted by Crippen LogP contribution is 2.44. The van der Waals surface area contributed by atoms with E-state index in [4.69, 9.17) is 4.74 Å². The monoisotopic (exact) mass is 633 g/mol. The number of aromatic nitrogens is 1. The molecule has 0 spiro atoms. The van der Waals surface area contributed by atoms with Gasteiger partial charge in [0.25, 0.3) is 0 Å². The van der Waals surface area contributed by atoms with Crippen LogP contribution in [0.3, 0.4) is 0 Å². The number of carbonyl (C=O) groups excluding carboxylic acids is 1. The van der Waals surface area contributed by atoms with Crippen molar-refractivity contribution in [1.82, 2.24) is 4.98 Å².